The second kappa shape index (κ2) is 4.68. The molecule has 2 aromatic carbocycles. The molecular formula is C14H15As. The van der Waals surface area contributed by atoms with Gasteiger partial charge < -0.3 is 0 Å². The van der Waals surface area contributed by atoms with Crippen LogP contribution in [0.5, 0.6) is 0 Å². The van der Waals surface area contributed by atoms with Gasteiger partial charge in [-0.25, -0.2) is 0 Å². The van der Waals surface area contributed by atoms with Gasteiger partial charge in [0.1, 0.15) is 0 Å². The monoisotopic (exact) mass is 258 g/mol. The molecule has 0 radical (unpaired) electrons. The van der Waals surface area contributed by atoms with E-state index in [4.69, 9.17) is 0 Å². The Kier molecular flexibility index (Phi) is 3.28. The van der Waals surface area contributed by atoms with Gasteiger partial charge in [0, 0.05) is 0 Å². The molecule has 15 heavy (non-hydrogen) atoms. The Morgan fingerprint density at radius 3 is 1.93 bits per heavy atom. The summed E-state index contributed by atoms with van der Waals surface area (Å²) in [7, 11) is 0. The van der Waals surface area contributed by atoms with E-state index in [0.717, 1.165) is 0 Å². The average Bonchev–Trinajstić information content (AvgIpc) is 2.30. The van der Waals surface area contributed by atoms with Crippen LogP contribution < -0.4 is 0 Å². The topological polar surface area (TPSA) is 0 Å². The maximum atomic E-state index is 2.23. The Labute approximate surface area is 99.8 Å². The van der Waals surface area contributed by atoms with Gasteiger partial charge in [-0.2, -0.15) is 0 Å². The fraction of sp³-hybridized carbons (Fsp3) is 0.143. The van der Waals surface area contributed by atoms with E-state index < -0.39 is 0 Å². The summed E-state index contributed by atoms with van der Waals surface area (Å²) in [6, 6.07) is 19.5. The zero-order chi connectivity index (χ0) is 10.7. The molecule has 0 nitrogen and oxygen atoms in total. The van der Waals surface area contributed by atoms with E-state index in [2.05, 4.69) is 61.5 Å². The molecule has 2 atom stereocenters. The first-order valence-corrected chi connectivity index (χ1v) is 6.54. The molecule has 0 aliphatic heterocycles. The van der Waals surface area contributed by atoms with Crippen molar-refractivity contribution in [2.24, 2.45) is 0 Å². The fourth-order valence-corrected chi connectivity index (χ4v) is 2.56. The third kappa shape index (κ3) is 2.52. The second-order valence-electron chi connectivity index (χ2n) is 3.80. The molecule has 0 saturated carbocycles. The summed E-state index contributed by atoms with van der Waals surface area (Å²) in [6.07, 6.45) is 0. The maximum absolute atomic E-state index is 2.23. The van der Waals surface area contributed by atoms with Crippen molar-refractivity contribution in [1.29, 1.82) is 0 Å². The summed E-state index contributed by atoms with van der Waals surface area (Å²) >= 11 is 1.76. The Morgan fingerprint density at radius 1 is 0.800 bits per heavy atom. The van der Waals surface area contributed by atoms with Gasteiger partial charge in [0.05, 0.1) is 0 Å². The molecule has 0 aliphatic carbocycles. The van der Waals surface area contributed by atoms with Crippen LogP contribution in [0.3, 0.4) is 0 Å². The first-order valence-electron chi connectivity index (χ1n) is 5.14. The molecule has 2 rings (SSSR count). The first kappa shape index (κ1) is 10.5. The standard InChI is InChI=1S/C14H15As/c1-11-7-9-13(10-8-11)14(15)12-5-3-2-4-6-12/h2-10,14H,15H2,1H3. The second-order valence-corrected chi connectivity index (χ2v) is 5.20. The van der Waals surface area contributed by atoms with Crippen LogP contribution in [0, 0.1) is 6.92 Å². The van der Waals surface area contributed by atoms with Gasteiger partial charge in [-0.05, 0) is 0 Å². The zero-order valence-electron chi connectivity index (χ0n) is 8.85. The van der Waals surface area contributed by atoms with Crippen LogP contribution in [0.25, 0.3) is 0 Å². The molecule has 76 valence electrons. The van der Waals surface area contributed by atoms with Crippen molar-refractivity contribution >= 4 is 16.9 Å². The molecule has 0 spiro atoms. The van der Waals surface area contributed by atoms with Crippen LogP contribution in [-0.4, -0.2) is 16.9 Å². The number of hydrogen-bond acceptors (Lipinski definition) is 0. The van der Waals surface area contributed by atoms with Crippen molar-refractivity contribution < 1.29 is 0 Å². The minimum atomic E-state index is 0.541. The summed E-state index contributed by atoms with van der Waals surface area (Å²) in [5.41, 5.74) is 4.14. The predicted molar refractivity (Wildman–Crippen MR) is 68.0 cm³/mol. The molecule has 0 amide bonds. The Hall–Kier alpha value is -1.00. The third-order valence-electron chi connectivity index (χ3n) is 2.60. The molecule has 0 aromatic heterocycles. The Morgan fingerprint density at radius 2 is 1.33 bits per heavy atom. The molecule has 0 aliphatic rings. The summed E-state index contributed by atoms with van der Waals surface area (Å²) < 4.78 is 0.541. The van der Waals surface area contributed by atoms with E-state index in [1.165, 1.54) is 16.7 Å². The third-order valence-corrected chi connectivity index (χ3v) is 4.21. The molecule has 0 bridgehead atoms. The fourth-order valence-electron chi connectivity index (χ4n) is 1.63. The number of benzene rings is 2. The van der Waals surface area contributed by atoms with E-state index in [9.17, 15) is 0 Å². The normalized spacial score (nSPS) is 12.4. The quantitative estimate of drug-likeness (QED) is 0.726. The zero-order valence-corrected chi connectivity index (χ0v) is 11.3. The van der Waals surface area contributed by atoms with Gasteiger partial charge >= 0.3 is 99.8 Å². The Balaban J connectivity index is 2.29. The van der Waals surface area contributed by atoms with Gasteiger partial charge in [-0.3, -0.25) is 0 Å². The van der Waals surface area contributed by atoms with Crippen LogP contribution in [0.2, 0.25) is 0 Å². The van der Waals surface area contributed by atoms with Crippen LogP contribution >= 0.6 is 0 Å². The summed E-state index contributed by atoms with van der Waals surface area (Å²) in [5.74, 6) is 0. The number of aryl methyl sites for hydroxylation is 1. The SMILES string of the molecule is Cc1ccc(C([AsH2])c2ccccc2)cc1. The van der Waals surface area contributed by atoms with Gasteiger partial charge in [-0.1, -0.05) is 0 Å². The summed E-state index contributed by atoms with van der Waals surface area (Å²) in [4.78, 5) is 0. The molecule has 0 fully saturated rings. The number of rotatable bonds is 2. The van der Waals surface area contributed by atoms with E-state index in [0.29, 0.717) is 4.71 Å². The van der Waals surface area contributed by atoms with Crippen molar-refractivity contribution in [3.63, 3.8) is 0 Å². The number of hydrogen-bond donors (Lipinski definition) is 0. The first-order chi connectivity index (χ1) is 7.27. The van der Waals surface area contributed by atoms with Crippen LogP contribution in [0.15, 0.2) is 54.6 Å². The van der Waals surface area contributed by atoms with Crippen molar-refractivity contribution in [3.8, 4) is 0 Å². The molecule has 1 heteroatoms. The van der Waals surface area contributed by atoms with Crippen molar-refractivity contribution in [1.82, 2.24) is 0 Å². The Bertz CT molecular complexity index is 417. The van der Waals surface area contributed by atoms with Gasteiger partial charge in [0.15, 0.2) is 0 Å². The molecular weight excluding hydrogens is 243 g/mol. The van der Waals surface area contributed by atoms with Crippen LogP contribution in [-0.2, 0) is 0 Å². The van der Waals surface area contributed by atoms with Crippen LogP contribution in [0.4, 0.5) is 0 Å². The van der Waals surface area contributed by atoms with Crippen molar-refractivity contribution in [2.45, 2.75) is 11.6 Å². The predicted octanol–water partition coefficient (Wildman–Crippen LogP) is 2.72. The molecule has 2 unspecified atom stereocenters. The van der Waals surface area contributed by atoms with E-state index in [1.54, 1.807) is 16.9 Å². The molecule has 0 saturated heterocycles. The minimum absolute atomic E-state index is 0.541. The van der Waals surface area contributed by atoms with Crippen molar-refractivity contribution in [2.75, 3.05) is 0 Å². The van der Waals surface area contributed by atoms with Crippen molar-refractivity contribution in [3.05, 3.63) is 71.3 Å². The summed E-state index contributed by atoms with van der Waals surface area (Å²) in [6.45, 7) is 2.13. The van der Waals surface area contributed by atoms with Gasteiger partial charge in [0.2, 0.25) is 0 Å². The molecule has 0 heterocycles. The van der Waals surface area contributed by atoms with Crippen LogP contribution in [0.1, 0.15) is 21.4 Å². The van der Waals surface area contributed by atoms with E-state index in [1.807, 2.05) is 0 Å². The van der Waals surface area contributed by atoms with Gasteiger partial charge in [-0.15, -0.1) is 0 Å². The van der Waals surface area contributed by atoms with E-state index >= 15 is 0 Å². The molecule has 0 N–H and O–H groups in total. The van der Waals surface area contributed by atoms with Gasteiger partial charge in [0.25, 0.3) is 0 Å². The summed E-state index contributed by atoms with van der Waals surface area (Å²) in [5, 5.41) is 0. The average molecular weight is 258 g/mol. The molecule has 2 aromatic rings. The van der Waals surface area contributed by atoms with E-state index in [-0.39, 0.29) is 0 Å².